The summed E-state index contributed by atoms with van der Waals surface area (Å²) in [5.41, 5.74) is 3.01. The van der Waals surface area contributed by atoms with E-state index in [1.54, 1.807) is 31.2 Å². The molecular weight excluding hydrogens is 288 g/mol. The van der Waals surface area contributed by atoms with Crippen molar-refractivity contribution < 1.29 is 9.53 Å². The number of H-pyrrole nitrogens is 1. The van der Waals surface area contributed by atoms with Crippen LogP contribution in [0.4, 0.5) is 0 Å². The number of nitriles is 1. The van der Waals surface area contributed by atoms with Gasteiger partial charge in [0.05, 0.1) is 11.6 Å². The van der Waals surface area contributed by atoms with Gasteiger partial charge in [-0.25, -0.2) is 0 Å². The highest BCUT2D eigenvalue weighted by Gasteiger charge is 2.22. The topological polar surface area (TPSA) is 65.9 Å². The number of aromatic amines is 1. The molecule has 0 bridgehead atoms. The highest BCUT2D eigenvalue weighted by atomic mass is 16.5. The molecule has 2 aromatic carbocycles. The molecule has 0 amide bonds. The van der Waals surface area contributed by atoms with Crippen molar-refractivity contribution in [3.8, 4) is 11.8 Å². The monoisotopic (exact) mass is 304 g/mol. The summed E-state index contributed by atoms with van der Waals surface area (Å²) in [6.45, 7) is 3.63. The van der Waals surface area contributed by atoms with Gasteiger partial charge in [-0.05, 0) is 44.2 Å². The zero-order chi connectivity index (χ0) is 16.4. The molecule has 0 radical (unpaired) electrons. The molecule has 0 saturated heterocycles. The third kappa shape index (κ3) is 2.82. The van der Waals surface area contributed by atoms with Crippen molar-refractivity contribution in [2.24, 2.45) is 0 Å². The van der Waals surface area contributed by atoms with Crippen LogP contribution in [0, 0.1) is 18.3 Å². The number of hydrogen-bond acceptors (Lipinski definition) is 3. The number of aryl methyl sites for hydroxylation is 1. The lowest BCUT2D eigenvalue weighted by atomic mass is 10.0. The van der Waals surface area contributed by atoms with Crippen molar-refractivity contribution in [3.05, 3.63) is 65.4 Å². The van der Waals surface area contributed by atoms with Crippen molar-refractivity contribution in [1.29, 1.82) is 5.26 Å². The number of carbonyl (C=O) groups is 1. The van der Waals surface area contributed by atoms with E-state index in [1.807, 2.05) is 31.2 Å². The summed E-state index contributed by atoms with van der Waals surface area (Å²) in [4.78, 5) is 16.0. The van der Waals surface area contributed by atoms with E-state index in [0.29, 0.717) is 16.9 Å². The van der Waals surface area contributed by atoms with Gasteiger partial charge in [-0.3, -0.25) is 4.79 Å². The maximum absolute atomic E-state index is 12.8. The van der Waals surface area contributed by atoms with E-state index >= 15 is 0 Å². The summed E-state index contributed by atoms with van der Waals surface area (Å²) in [6.07, 6.45) is -0.610. The number of hydrogen-bond donors (Lipinski definition) is 1. The van der Waals surface area contributed by atoms with Crippen LogP contribution in [-0.2, 0) is 0 Å². The van der Waals surface area contributed by atoms with E-state index in [1.165, 1.54) is 0 Å². The number of Topliss-reactive ketones (excluding diaryl/α,β-unsaturated/α-hetero) is 1. The largest absolute Gasteiger partial charge is 0.483 e. The Hall–Kier alpha value is -3.06. The molecule has 0 aliphatic carbocycles. The molecule has 3 aromatic rings. The zero-order valence-corrected chi connectivity index (χ0v) is 13.0. The highest BCUT2D eigenvalue weighted by molar-refractivity contribution is 6.11. The van der Waals surface area contributed by atoms with E-state index < -0.39 is 6.10 Å². The van der Waals surface area contributed by atoms with Gasteiger partial charge in [-0.2, -0.15) is 5.26 Å². The number of ether oxygens (including phenoxy) is 1. The minimum Gasteiger partial charge on any atom is -0.483 e. The molecule has 1 heterocycles. The van der Waals surface area contributed by atoms with Gasteiger partial charge in [0, 0.05) is 22.2 Å². The smallest absolute Gasteiger partial charge is 0.205 e. The fourth-order valence-electron chi connectivity index (χ4n) is 2.66. The second-order valence-corrected chi connectivity index (χ2v) is 5.43. The molecule has 0 aliphatic rings. The molecule has 114 valence electrons. The maximum Gasteiger partial charge on any atom is 0.205 e. The van der Waals surface area contributed by atoms with E-state index in [9.17, 15) is 4.79 Å². The first-order chi connectivity index (χ1) is 11.1. The van der Waals surface area contributed by atoms with Crippen molar-refractivity contribution in [2.45, 2.75) is 20.0 Å². The third-order valence-electron chi connectivity index (χ3n) is 3.81. The molecule has 4 nitrogen and oxygen atoms in total. The minimum absolute atomic E-state index is 0.0655. The number of para-hydroxylation sites is 1. The molecule has 1 unspecified atom stereocenters. The molecule has 0 aliphatic heterocycles. The SMILES string of the molecule is Cc1[nH]c2ccccc2c1C(=O)C(C)Oc1ccc(C#N)cc1. The Morgan fingerprint density at radius 2 is 1.87 bits per heavy atom. The number of fused-ring (bicyclic) bond motifs is 1. The number of rotatable bonds is 4. The number of carbonyl (C=O) groups excluding carboxylic acids is 1. The molecule has 3 rings (SSSR count). The van der Waals surface area contributed by atoms with Crippen LogP contribution < -0.4 is 4.74 Å². The van der Waals surface area contributed by atoms with Crippen molar-refractivity contribution in [3.63, 3.8) is 0 Å². The van der Waals surface area contributed by atoms with E-state index in [0.717, 1.165) is 16.6 Å². The maximum atomic E-state index is 12.8. The van der Waals surface area contributed by atoms with Crippen LogP contribution in [0.15, 0.2) is 48.5 Å². The predicted molar refractivity (Wildman–Crippen MR) is 88.6 cm³/mol. The van der Waals surface area contributed by atoms with E-state index in [2.05, 4.69) is 11.1 Å². The summed E-state index contributed by atoms with van der Waals surface area (Å²) < 4.78 is 5.73. The Morgan fingerprint density at radius 1 is 1.17 bits per heavy atom. The van der Waals surface area contributed by atoms with Crippen molar-refractivity contribution in [1.82, 2.24) is 4.98 Å². The van der Waals surface area contributed by atoms with Crippen molar-refractivity contribution in [2.75, 3.05) is 0 Å². The number of ketones is 1. The molecule has 0 saturated carbocycles. The Balaban J connectivity index is 1.86. The standard InChI is InChI=1S/C19H16N2O2/c1-12-18(16-5-3-4-6-17(16)21-12)19(22)13(2)23-15-9-7-14(11-20)8-10-15/h3-10,13,21H,1-2H3. The molecule has 23 heavy (non-hydrogen) atoms. The second kappa shape index (κ2) is 5.98. The van der Waals surface area contributed by atoms with Gasteiger partial charge in [0.25, 0.3) is 0 Å². The number of nitrogens with one attached hydrogen (secondary N) is 1. The van der Waals surface area contributed by atoms with Crippen LogP contribution >= 0.6 is 0 Å². The van der Waals surface area contributed by atoms with Crippen LogP contribution in [0.5, 0.6) is 5.75 Å². The Kier molecular flexibility index (Phi) is 3.86. The van der Waals surface area contributed by atoms with Crippen LogP contribution in [0.1, 0.15) is 28.5 Å². The lowest BCUT2D eigenvalue weighted by Gasteiger charge is -2.14. The molecule has 1 atom stereocenters. The quantitative estimate of drug-likeness (QED) is 0.741. The van der Waals surface area contributed by atoms with Crippen LogP contribution in [-0.4, -0.2) is 16.9 Å². The summed E-state index contributed by atoms with van der Waals surface area (Å²) in [5, 5.41) is 9.71. The van der Waals surface area contributed by atoms with E-state index in [-0.39, 0.29) is 5.78 Å². The number of benzene rings is 2. The summed E-state index contributed by atoms with van der Waals surface area (Å²) >= 11 is 0. The first-order valence-electron chi connectivity index (χ1n) is 7.38. The van der Waals surface area contributed by atoms with Crippen LogP contribution in [0.25, 0.3) is 10.9 Å². The predicted octanol–water partition coefficient (Wildman–Crippen LogP) is 4.00. The average molecular weight is 304 g/mol. The fourth-order valence-corrected chi connectivity index (χ4v) is 2.66. The van der Waals surface area contributed by atoms with Gasteiger partial charge >= 0.3 is 0 Å². The van der Waals surface area contributed by atoms with Crippen molar-refractivity contribution >= 4 is 16.7 Å². The van der Waals surface area contributed by atoms with Gasteiger partial charge in [0.15, 0.2) is 6.10 Å². The van der Waals surface area contributed by atoms with Gasteiger partial charge in [-0.15, -0.1) is 0 Å². The average Bonchev–Trinajstić information content (AvgIpc) is 2.90. The molecule has 0 fully saturated rings. The zero-order valence-electron chi connectivity index (χ0n) is 13.0. The molecule has 0 spiro atoms. The lowest BCUT2D eigenvalue weighted by Crippen LogP contribution is -2.24. The van der Waals surface area contributed by atoms with Gasteiger partial charge in [-0.1, -0.05) is 18.2 Å². The Morgan fingerprint density at radius 3 is 2.57 bits per heavy atom. The first-order valence-corrected chi connectivity index (χ1v) is 7.38. The van der Waals surface area contributed by atoms with E-state index in [4.69, 9.17) is 10.00 Å². The molecule has 1 aromatic heterocycles. The van der Waals surface area contributed by atoms with Crippen LogP contribution in [0.3, 0.4) is 0 Å². The fraction of sp³-hybridized carbons (Fsp3) is 0.158. The Bertz CT molecular complexity index is 901. The number of nitrogens with zero attached hydrogens (tertiary/aromatic N) is 1. The lowest BCUT2D eigenvalue weighted by molar-refractivity contribution is 0.0819. The Labute approximate surface area is 134 Å². The normalized spacial score (nSPS) is 11.9. The highest BCUT2D eigenvalue weighted by Crippen LogP contribution is 2.24. The summed E-state index contributed by atoms with van der Waals surface area (Å²) in [6, 6.07) is 16.5. The molecule has 4 heteroatoms. The third-order valence-corrected chi connectivity index (χ3v) is 3.81. The van der Waals surface area contributed by atoms with Gasteiger partial charge in [0.2, 0.25) is 5.78 Å². The van der Waals surface area contributed by atoms with Gasteiger partial charge in [0.1, 0.15) is 5.75 Å². The molecule has 1 N–H and O–H groups in total. The second-order valence-electron chi connectivity index (χ2n) is 5.43. The first kappa shape index (κ1) is 14.9. The number of aromatic nitrogens is 1. The summed E-state index contributed by atoms with van der Waals surface area (Å²) in [5.74, 6) is 0.506. The van der Waals surface area contributed by atoms with Crippen LogP contribution in [0.2, 0.25) is 0 Å². The molecular formula is C19H16N2O2. The minimum atomic E-state index is -0.610. The van der Waals surface area contributed by atoms with Gasteiger partial charge < -0.3 is 9.72 Å². The summed E-state index contributed by atoms with van der Waals surface area (Å²) in [7, 11) is 0.